The van der Waals surface area contributed by atoms with Gasteiger partial charge in [0.1, 0.15) is 5.82 Å². The number of aryl methyl sites for hydroxylation is 1. The van der Waals surface area contributed by atoms with Gasteiger partial charge in [0.05, 0.1) is 12.2 Å². The number of nitrogens with one attached hydrogen (secondary N) is 3. The Morgan fingerprint density at radius 1 is 1.10 bits per heavy atom. The molecule has 0 aliphatic carbocycles. The first-order valence-corrected chi connectivity index (χ1v) is 10.5. The first kappa shape index (κ1) is 22.0. The zero-order chi connectivity index (χ0) is 21.9. The third-order valence-electron chi connectivity index (χ3n) is 4.52. The SMILES string of the molecule is CCNC(=NCCC(=O)Nc1cccc(C)n1)NCCc1ccc(-n2cccn2)cc1. The van der Waals surface area contributed by atoms with E-state index in [4.69, 9.17) is 0 Å². The lowest BCUT2D eigenvalue weighted by Gasteiger charge is -2.11. The molecule has 162 valence electrons. The molecule has 31 heavy (non-hydrogen) atoms. The van der Waals surface area contributed by atoms with Crippen LogP contribution in [0.25, 0.3) is 5.69 Å². The molecule has 0 radical (unpaired) electrons. The average molecular weight is 420 g/mol. The lowest BCUT2D eigenvalue weighted by atomic mass is 10.1. The van der Waals surface area contributed by atoms with E-state index in [2.05, 4.69) is 55.3 Å². The van der Waals surface area contributed by atoms with E-state index in [9.17, 15) is 4.79 Å². The molecule has 0 bridgehead atoms. The first-order valence-electron chi connectivity index (χ1n) is 10.5. The number of pyridine rings is 1. The zero-order valence-electron chi connectivity index (χ0n) is 18.0. The molecule has 0 saturated heterocycles. The number of nitrogens with zero attached hydrogens (tertiary/aromatic N) is 4. The molecule has 1 aromatic carbocycles. The summed E-state index contributed by atoms with van der Waals surface area (Å²) in [6.45, 7) is 5.80. The Kier molecular flexibility index (Phi) is 8.16. The summed E-state index contributed by atoms with van der Waals surface area (Å²) >= 11 is 0. The number of hydrogen-bond acceptors (Lipinski definition) is 4. The van der Waals surface area contributed by atoms with Gasteiger partial charge in [-0.05, 0) is 56.2 Å². The molecule has 8 nitrogen and oxygen atoms in total. The number of carbonyl (C=O) groups excluding carboxylic acids is 1. The summed E-state index contributed by atoms with van der Waals surface area (Å²) in [7, 11) is 0. The van der Waals surface area contributed by atoms with Gasteiger partial charge in [-0.3, -0.25) is 9.79 Å². The van der Waals surface area contributed by atoms with E-state index in [0.717, 1.165) is 30.9 Å². The molecule has 0 aliphatic rings. The van der Waals surface area contributed by atoms with Crippen molar-refractivity contribution in [3.8, 4) is 5.69 Å². The lowest BCUT2D eigenvalue weighted by molar-refractivity contribution is -0.116. The van der Waals surface area contributed by atoms with Crippen molar-refractivity contribution in [3.05, 3.63) is 72.2 Å². The summed E-state index contributed by atoms with van der Waals surface area (Å²) in [5.74, 6) is 1.17. The molecule has 3 aromatic rings. The smallest absolute Gasteiger partial charge is 0.227 e. The molecule has 0 spiro atoms. The quantitative estimate of drug-likeness (QED) is 0.366. The van der Waals surface area contributed by atoms with E-state index in [1.165, 1.54) is 5.56 Å². The van der Waals surface area contributed by atoms with E-state index in [-0.39, 0.29) is 5.91 Å². The minimum atomic E-state index is -0.102. The number of amides is 1. The minimum Gasteiger partial charge on any atom is -0.357 e. The second-order valence-corrected chi connectivity index (χ2v) is 7.02. The molecular formula is C23H29N7O. The summed E-state index contributed by atoms with van der Waals surface area (Å²) in [5.41, 5.74) is 3.13. The van der Waals surface area contributed by atoms with Crippen molar-refractivity contribution in [2.24, 2.45) is 4.99 Å². The predicted molar refractivity (Wildman–Crippen MR) is 123 cm³/mol. The number of aromatic nitrogens is 3. The highest BCUT2D eigenvalue weighted by atomic mass is 16.1. The summed E-state index contributed by atoms with van der Waals surface area (Å²) in [5, 5.41) is 13.6. The van der Waals surface area contributed by atoms with Gasteiger partial charge in [-0.1, -0.05) is 18.2 Å². The standard InChI is InChI=1S/C23H29N7O/c1-3-24-23(26-16-13-22(31)29-21-7-4-6-18(2)28-21)25-15-12-19-8-10-20(11-9-19)30-17-5-14-27-30/h4-11,14,17H,3,12-13,15-16H2,1-2H3,(H2,24,25,26)(H,28,29,31). The topological polar surface area (TPSA) is 96.2 Å². The monoisotopic (exact) mass is 419 g/mol. The third kappa shape index (κ3) is 7.26. The highest BCUT2D eigenvalue weighted by Gasteiger charge is 2.04. The molecule has 0 fully saturated rings. The van der Waals surface area contributed by atoms with Gasteiger partial charge < -0.3 is 16.0 Å². The fraction of sp³-hybridized carbons (Fsp3) is 0.304. The minimum absolute atomic E-state index is 0.102. The molecule has 3 rings (SSSR count). The fourth-order valence-electron chi connectivity index (χ4n) is 2.99. The van der Waals surface area contributed by atoms with Crippen LogP contribution in [0.3, 0.4) is 0 Å². The maximum Gasteiger partial charge on any atom is 0.227 e. The Morgan fingerprint density at radius 3 is 2.65 bits per heavy atom. The summed E-state index contributed by atoms with van der Waals surface area (Å²) in [6.07, 6.45) is 4.85. The van der Waals surface area contributed by atoms with Crippen LogP contribution in [0.2, 0.25) is 0 Å². The number of guanidine groups is 1. The van der Waals surface area contributed by atoms with Crippen LogP contribution in [0.15, 0.2) is 65.9 Å². The number of rotatable bonds is 9. The maximum atomic E-state index is 12.1. The molecule has 3 N–H and O–H groups in total. The Labute approximate surface area is 182 Å². The largest absolute Gasteiger partial charge is 0.357 e. The Morgan fingerprint density at radius 2 is 1.94 bits per heavy atom. The third-order valence-corrected chi connectivity index (χ3v) is 4.52. The van der Waals surface area contributed by atoms with Gasteiger partial charge in [0.25, 0.3) is 0 Å². The van der Waals surface area contributed by atoms with E-state index in [1.807, 2.05) is 42.9 Å². The van der Waals surface area contributed by atoms with Gasteiger partial charge in [-0.25, -0.2) is 9.67 Å². The molecule has 8 heteroatoms. The Bertz CT molecular complexity index is 981. The normalized spacial score (nSPS) is 11.2. The number of aliphatic imine (C=N–C) groups is 1. The van der Waals surface area contributed by atoms with Crippen molar-refractivity contribution in [2.45, 2.75) is 26.7 Å². The van der Waals surface area contributed by atoms with Crippen LogP contribution >= 0.6 is 0 Å². The van der Waals surface area contributed by atoms with Crippen molar-refractivity contribution in [3.63, 3.8) is 0 Å². The van der Waals surface area contributed by atoms with Gasteiger partial charge in [-0.2, -0.15) is 5.10 Å². The lowest BCUT2D eigenvalue weighted by Crippen LogP contribution is -2.38. The summed E-state index contributed by atoms with van der Waals surface area (Å²) in [4.78, 5) is 20.9. The van der Waals surface area contributed by atoms with Crippen molar-refractivity contribution in [1.82, 2.24) is 25.4 Å². The van der Waals surface area contributed by atoms with Crippen molar-refractivity contribution in [2.75, 3.05) is 25.0 Å². The van der Waals surface area contributed by atoms with Gasteiger partial charge in [0.15, 0.2) is 5.96 Å². The van der Waals surface area contributed by atoms with Crippen LogP contribution in [0.1, 0.15) is 24.6 Å². The van der Waals surface area contributed by atoms with Crippen LogP contribution in [0.5, 0.6) is 0 Å². The van der Waals surface area contributed by atoms with Crippen molar-refractivity contribution in [1.29, 1.82) is 0 Å². The van der Waals surface area contributed by atoms with Crippen LogP contribution in [-0.2, 0) is 11.2 Å². The number of hydrogen-bond donors (Lipinski definition) is 3. The molecular weight excluding hydrogens is 390 g/mol. The first-order chi connectivity index (χ1) is 15.1. The molecule has 0 saturated carbocycles. The van der Waals surface area contributed by atoms with Crippen LogP contribution in [0, 0.1) is 6.92 Å². The Balaban J connectivity index is 1.43. The number of carbonyl (C=O) groups is 1. The fourth-order valence-corrected chi connectivity index (χ4v) is 2.99. The second-order valence-electron chi connectivity index (χ2n) is 7.02. The average Bonchev–Trinajstić information content (AvgIpc) is 3.29. The van der Waals surface area contributed by atoms with Gasteiger partial charge in [0.2, 0.25) is 5.91 Å². The van der Waals surface area contributed by atoms with Crippen LogP contribution < -0.4 is 16.0 Å². The zero-order valence-corrected chi connectivity index (χ0v) is 18.0. The van der Waals surface area contributed by atoms with E-state index in [1.54, 1.807) is 12.3 Å². The molecule has 2 aromatic heterocycles. The van der Waals surface area contributed by atoms with Crippen molar-refractivity contribution >= 4 is 17.7 Å². The molecule has 0 atom stereocenters. The van der Waals surface area contributed by atoms with Crippen LogP contribution in [0.4, 0.5) is 5.82 Å². The van der Waals surface area contributed by atoms with E-state index < -0.39 is 0 Å². The van der Waals surface area contributed by atoms with Gasteiger partial charge in [-0.15, -0.1) is 0 Å². The number of anilines is 1. The highest BCUT2D eigenvalue weighted by Crippen LogP contribution is 2.09. The summed E-state index contributed by atoms with van der Waals surface area (Å²) < 4.78 is 1.84. The highest BCUT2D eigenvalue weighted by molar-refractivity contribution is 5.90. The molecule has 0 unspecified atom stereocenters. The van der Waals surface area contributed by atoms with Gasteiger partial charge in [0, 0.05) is 37.6 Å². The molecule has 1 amide bonds. The maximum absolute atomic E-state index is 12.1. The Hall–Kier alpha value is -3.68. The second kappa shape index (κ2) is 11.5. The number of benzene rings is 1. The van der Waals surface area contributed by atoms with E-state index in [0.29, 0.717) is 24.7 Å². The van der Waals surface area contributed by atoms with E-state index >= 15 is 0 Å². The molecule has 2 heterocycles. The van der Waals surface area contributed by atoms with Crippen molar-refractivity contribution < 1.29 is 4.79 Å². The van der Waals surface area contributed by atoms with Gasteiger partial charge >= 0.3 is 0 Å². The molecule has 0 aliphatic heterocycles. The predicted octanol–water partition coefficient (Wildman–Crippen LogP) is 2.70. The summed E-state index contributed by atoms with van der Waals surface area (Å²) in [6, 6.07) is 15.8. The van der Waals surface area contributed by atoms with Crippen LogP contribution in [-0.4, -0.2) is 46.3 Å².